The van der Waals surface area contributed by atoms with Crippen LogP contribution >= 0.6 is 23.1 Å². The van der Waals surface area contributed by atoms with Crippen molar-refractivity contribution in [3.8, 4) is 6.07 Å². The van der Waals surface area contributed by atoms with Crippen LogP contribution < -0.4 is 5.73 Å². The van der Waals surface area contributed by atoms with Gasteiger partial charge >= 0.3 is 0 Å². The second-order valence-corrected chi connectivity index (χ2v) is 6.04. The summed E-state index contributed by atoms with van der Waals surface area (Å²) in [4.78, 5) is 8.30. The van der Waals surface area contributed by atoms with Crippen LogP contribution in [0.2, 0.25) is 0 Å². The Morgan fingerprint density at radius 1 is 1.47 bits per heavy atom. The van der Waals surface area contributed by atoms with Crippen molar-refractivity contribution >= 4 is 29.1 Å². The Kier molecular flexibility index (Phi) is 4.29. The van der Waals surface area contributed by atoms with Gasteiger partial charge in [0, 0.05) is 29.5 Å². The van der Waals surface area contributed by atoms with Gasteiger partial charge in [0.15, 0.2) is 5.96 Å². The molecule has 0 spiro atoms. The summed E-state index contributed by atoms with van der Waals surface area (Å²) in [7, 11) is 0. The highest BCUT2D eigenvalue weighted by atomic mass is 32.2. The lowest BCUT2D eigenvalue weighted by molar-refractivity contribution is 0.456. The van der Waals surface area contributed by atoms with Crippen molar-refractivity contribution in [3.05, 3.63) is 21.9 Å². The number of rotatable bonds is 2. The Bertz CT molecular complexity index is 441. The highest BCUT2D eigenvalue weighted by Crippen LogP contribution is 2.16. The predicted octanol–water partition coefficient (Wildman–Crippen LogP) is 1.48. The van der Waals surface area contributed by atoms with E-state index in [9.17, 15) is 0 Å². The van der Waals surface area contributed by atoms with Crippen LogP contribution in [0.4, 0.5) is 0 Å². The van der Waals surface area contributed by atoms with Crippen molar-refractivity contribution < 1.29 is 0 Å². The zero-order chi connectivity index (χ0) is 12.1. The van der Waals surface area contributed by atoms with Gasteiger partial charge in [0.1, 0.15) is 10.9 Å². The molecule has 4 nitrogen and oxygen atoms in total. The molecule has 1 aliphatic heterocycles. The highest BCUT2D eigenvalue weighted by Gasteiger charge is 2.11. The smallest absolute Gasteiger partial charge is 0.191 e. The highest BCUT2D eigenvalue weighted by molar-refractivity contribution is 7.99. The third-order valence-electron chi connectivity index (χ3n) is 2.50. The number of thioether (sulfide) groups is 1. The van der Waals surface area contributed by atoms with Gasteiger partial charge in [0.25, 0.3) is 0 Å². The third-order valence-corrected chi connectivity index (χ3v) is 4.42. The molecule has 0 unspecified atom stereocenters. The van der Waals surface area contributed by atoms with E-state index in [4.69, 9.17) is 11.0 Å². The SMILES string of the molecule is N#Cc1ccc(CN=C(N)N2CCSCC2)s1. The quantitative estimate of drug-likeness (QED) is 0.650. The maximum Gasteiger partial charge on any atom is 0.191 e. The number of thiophene rings is 1. The molecule has 90 valence electrons. The number of aliphatic imine (C=N–C) groups is 1. The third kappa shape index (κ3) is 3.38. The molecule has 0 saturated carbocycles. The van der Waals surface area contributed by atoms with E-state index in [0.717, 1.165) is 34.3 Å². The molecule has 2 rings (SSSR count). The summed E-state index contributed by atoms with van der Waals surface area (Å²) >= 11 is 3.43. The van der Waals surface area contributed by atoms with E-state index in [-0.39, 0.29) is 0 Å². The first-order valence-electron chi connectivity index (χ1n) is 5.41. The van der Waals surface area contributed by atoms with Crippen LogP contribution in [0.5, 0.6) is 0 Å². The summed E-state index contributed by atoms with van der Waals surface area (Å²) in [5.41, 5.74) is 5.94. The van der Waals surface area contributed by atoms with Crippen LogP contribution in [-0.2, 0) is 6.54 Å². The molecular formula is C11H14N4S2. The number of guanidine groups is 1. The van der Waals surface area contributed by atoms with Crippen molar-refractivity contribution in [2.45, 2.75) is 6.54 Å². The van der Waals surface area contributed by atoms with E-state index in [0.29, 0.717) is 12.5 Å². The van der Waals surface area contributed by atoms with Gasteiger partial charge in [-0.3, -0.25) is 0 Å². The lowest BCUT2D eigenvalue weighted by Crippen LogP contribution is -2.42. The maximum absolute atomic E-state index is 8.72. The summed E-state index contributed by atoms with van der Waals surface area (Å²) in [6.45, 7) is 2.53. The molecule has 6 heteroatoms. The first-order chi connectivity index (χ1) is 8.29. The molecule has 0 aromatic carbocycles. The molecule has 0 amide bonds. The monoisotopic (exact) mass is 266 g/mol. The minimum Gasteiger partial charge on any atom is -0.370 e. The van der Waals surface area contributed by atoms with E-state index in [1.54, 1.807) is 0 Å². The molecule has 1 fully saturated rings. The van der Waals surface area contributed by atoms with E-state index >= 15 is 0 Å². The Morgan fingerprint density at radius 2 is 2.24 bits per heavy atom. The van der Waals surface area contributed by atoms with Crippen LogP contribution in [0.15, 0.2) is 17.1 Å². The van der Waals surface area contributed by atoms with Crippen LogP contribution in [0.25, 0.3) is 0 Å². The fourth-order valence-corrected chi connectivity index (χ4v) is 3.21. The molecule has 1 aliphatic rings. The number of nitrogens with zero attached hydrogens (tertiary/aromatic N) is 3. The fourth-order valence-electron chi connectivity index (χ4n) is 1.57. The number of nitriles is 1. The van der Waals surface area contributed by atoms with E-state index in [2.05, 4.69) is 16.0 Å². The van der Waals surface area contributed by atoms with Crippen LogP contribution in [0.3, 0.4) is 0 Å². The number of hydrogen-bond donors (Lipinski definition) is 1. The normalized spacial score (nSPS) is 16.9. The lowest BCUT2D eigenvalue weighted by Gasteiger charge is -2.27. The van der Waals surface area contributed by atoms with Gasteiger partial charge in [-0.1, -0.05) is 0 Å². The molecular weight excluding hydrogens is 252 g/mol. The molecule has 0 atom stereocenters. The fraction of sp³-hybridized carbons (Fsp3) is 0.455. The summed E-state index contributed by atoms with van der Waals surface area (Å²) in [6, 6.07) is 5.88. The van der Waals surface area contributed by atoms with Gasteiger partial charge in [-0.25, -0.2) is 4.99 Å². The van der Waals surface area contributed by atoms with Gasteiger partial charge in [0.05, 0.1) is 6.54 Å². The van der Waals surface area contributed by atoms with Crippen molar-refractivity contribution in [1.82, 2.24) is 4.90 Å². The molecule has 1 aromatic heterocycles. The summed E-state index contributed by atoms with van der Waals surface area (Å²) < 4.78 is 0. The largest absolute Gasteiger partial charge is 0.370 e. The Hall–Kier alpha value is -1.19. The number of hydrogen-bond acceptors (Lipinski definition) is 4. The number of nitrogens with two attached hydrogens (primary N) is 1. The minimum absolute atomic E-state index is 0.571. The summed E-state index contributed by atoms with van der Waals surface area (Å²) in [5.74, 6) is 2.86. The summed E-state index contributed by atoms with van der Waals surface area (Å²) in [6.07, 6.45) is 0. The second-order valence-electron chi connectivity index (χ2n) is 3.65. The maximum atomic E-state index is 8.72. The lowest BCUT2D eigenvalue weighted by atomic mass is 10.4. The molecule has 17 heavy (non-hydrogen) atoms. The van der Waals surface area contributed by atoms with Crippen LogP contribution in [0.1, 0.15) is 9.75 Å². The second kappa shape index (κ2) is 5.94. The standard InChI is InChI=1S/C11H14N4S2/c12-7-9-1-2-10(17-9)8-14-11(13)15-3-5-16-6-4-15/h1-2H,3-6,8H2,(H2,13,14). The Morgan fingerprint density at radius 3 is 2.88 bits per heavy atom. The minimum atomic E-state index is 0.571. The average molecular weight is 266 g/mol. The summed E-state index contributed by atoms with van der Waals surface area (Å²) in [5, 5.41) is 8.72. The molecule has 0 aliphatic carbocycles. The zero-order valence-electron chi connectivity index (χ0n) is 9.43. The van der Waals surface area contributed by atoms with E-state index in [1.807, 2.05) is 23.9 Å². The molecule has 0 radical (unpaired) electrons. The van der Waals surface area contributed by atoms with Crippen molar-refractivity contribution in [1.29, 1.82) is 5.26 Å². The van der Waals surface area contributed by atoms with Gasteiger partial charge in [-0.15, -0.1) is 11.3 Å². The predicted molar refractivity (Wildman–Crippen MR) is 73.3 cm³/mol. The van der Waals surface area contributed by atoms with Crippen molar-refractivity contribution in [2.24, 2.45) is 10.7 Å². The molecule has 2 N–H and O–H groups in total. The van der Waals surface area contributed by atoms with E-state index < -0.39 is 0 Å². The van der Waals surface area contributed by atoms with Gasteiger partial charge in [0.2, 0.25) is 0 Å². The van der Waals surface area contributed by atoms with Crippen LogP contribution in [-0.4, -0.2) is 35.5 Å². The molecule has 2 heterocycles. The van der Waals surface area contributed by atoms with Crippen molar-refractivity contribution in [3.63, 3.8) is 0 Å². The van der Waals surface area contributed by atoms with Gasteiger partial charge in [-0.2, -0.15) is 17.0 Å². The van der Waals surface area contributed by atoms with Gasteiger partial charge in [-0.05, 0) is 12.1 Å². The average Bonchev–Trinajstić information content (AvgIpc) is 2.85. The van der Waals surface area contributed by atoms with E-state index in [1.165, 1.54) is 11.3 Å². The molecule has 1 aromatic rings. The first kappa shape index (κ1) is 12.3. The van der Waals surface area contributed by atoms with Crippen LogP contribution in [0, 0.1) is 11.3 Å². The topological polar surface area (TPSA) is 65.4 Å². The van der Waals surface area contributed by atoms with Crippen molar-refractivity contribution in [2.75, 3.05) is 24.6 Å². The molecule has 1 saturated heterocycles. The zero-order valence-corrected chi connectivity index (χ0v) is 11.1. The Balaban J connectivity index is 1.92. The molecule has 0 bridgehead atoms. The first-order valence-corrected chi connectivity index (χ1v) is 7.38. The Labute approximate surface area is 109 Å². The van der Waals surface area contributed by atoms with Gasteiger partial charge < -0.3 is 10.6 Å².